The van der Waals surface area contributed by atoms with Gasteiger partial charge in [-0.2, -0.15) is 0 Å². The maximum atomic E-state index is 6.38. The SMILES string of the molecule is Cn1c2cc(N(c3ccccc3)c3ccc4c(c3)oc3ccccc34)ccc2c2cc3c(cc21)C(C)(C)c1cc(N(c2ccccc2)c2ccc4c(c2)oc2ccccc24)ccc1-3. The number of aryl methyl sites for hydroxylation is 1. The van der Waals surface area contributed by atoms with Crippen LogP contribution in [0.1, 0.15) is 25.0 Å². The van der Waals surface area contributed by atoms with Crippen molar-refractivity contribution >= 4 is 99.8 Å². The van der Waals surface area contributed by atoms with Crippen LogP contribution in [0.5, 0.6) is 0 Å². The summed E-state index contributed by atoms with van der Waals surface area (Å²) in [4.78, 5) is 4.68. The maximum Gasteiger partial charge on any atom is 0.137 e. The van der Waals surface area contributed by atoms with E-state index in [1.807, 2.05) is 24.3 Å². The predicted octanol–water partition coefficient (Wildman–Crippen LogP) is 16.4. The summed E-state index contributed by atoms with van der Waals surface area (Å²) in [6, 6.07) is 69.7. The third kappa shape index (κ3) is 5.29. The molecule has 63 heavy (non-hydrogen) atoms. The van der Waals surface area contributed by atoms with E-state index in [1.165, 1.54) is 44.1 Å². The molecular formula is C58H41N3O2. The van der Waals surface area contributed by atoms with Crippen molar-refractivity contribution in [2.75, 3.05) is 9.80 Å². The van der Waals surface area contributed by atoms with E-state index in [2.05, 4.69) is 205 Å². The van der Waals surface area contributed by atoms with E-state index < -0.39 is 0 Å². The first-order valence-corrected chi connectivity index (χ1v) is 21.6. The molecule has 0 saturated carbocycles. The molecule has 0 amide bonds. The second-order valence-electron chi connectivity index (χ2n) is 17.4. The van der Waals surface area contributed by atoms with Gasteiger partial charge in [-0.1, -0.05) is 98.8 Å². The zero-order valence-corrected chi connectivity index (χ0v) is 35.1. The molecule has 3 aromatic heterocycles. The number of benzene rings is 9. The summed E-state index contributed by atoms with van der Waals surface area (Å²) in [5, 5.41) is 7.00. The van der Waals surface area contributed by atoms with Crippen molar-refractivity contribution in [2.24, 2.45) is 7.05 Å². The molecule has 0 spiro atoms. The summed E-state index contributed by atoms with van der Waals surface area (Å²) in [5.41, 5.74) is 17.5. The number of hydrogen-bond donors (Lipinski definition) is 0. The summed E-state index contributed by atoms with van der Waals surface area (Å²) < 4.78 is 15.1. The highest BCUT2D eigenvalue weighted by atomic mass is 16.3. The number of rotatable bonds is 6. The number of nitrogens with zero attached hydrogens (tertiary/aromatic N) is 3. The van der Waals surface area contributed by atoms with Gasteiger partial charge in [-0.15, -0.1) is 0 Å². The van der Waals surface area contributed by atoms with Crippen LogP contribution in [0.25, 0.3) is 76.8 Å². The fourth-order valence-corrected chi connectivity index (χ4v) is 10.4. The van der Waals surface area contributed by atoms with Crippen LogP contribution in [-0.2, 0) is 12.5 Å². The Labute approximate surface area is 364 Å². The Kier molecular flexibility index (Phi) is 7.50. The van der Waals surface area contributed by atoms with Crippen molar-refractivity contribution in [1.29, 1.82) is 0 Å². The predicted molar refractivity (Wildman–Crippen MR) is 262 cm³/mol. The first-order chi connectivity index (χ1) is 30.9. The van der Waals surface area contributed by atoms with Crippen LogP contribution < -0.4 is 9.80 Å². The molecule has 1 aliphatic rings. The number of anilines is 6. The molecule has 0 N–H and O–H groups in total. The second kappa shape index (κ2) is 13.2. The number of fused-ring (bicyclic) bond motifs is 12. The van der Waals surface area contributed by atoms with Gasteiger partial charge in [0.05, 0.1) is 5.52 Å². The van der Waals surface area contributed by atoms with Crippen LogP contribution in [0.4, 0.5) is 34.1 Å². The number of aromatic nitrogens is 1. The van der Waals surface area contributed by atoms with Crippen LogP contribution in [0.2, 0.25) is 0 Å². The molecule has 1 aliphatic carbocycles. The molecule has 0 bridgehead atoms. The van der Waals surface area contributed by atoms with Gasteiger partial charge in [0.2, 0.25) is 0 Å². The first kappa shape index (κ1) is 35.7. The molecule has 0 atom stereocenters. The molecule has 13 rings (SSSR count). The zero-order valence-electron chi connectivity index (χ0n) is 35.1. The highest BCUT2D eigenvalue weighted by Gasteiger charge is 2.37. The summed E-state index contributed by atoms with van der Waals surface area (Å²) >= 11 is 0. The van der Waals surface area contributed by atoms with Crippen LogP contribution in [0.3, 0.4) is 0 Å². The molecular weight excluding hydrogens is 771 g/mol. The van der Waals surface area contributed by atoms with Gasteiger partial charge in [-0.05, 0) is 119 Å². The van der Waals surface area contributed by atoms with E-state index in [9.17, 15) is 0 Å². The third-order valence-corrected chi connectivity index (χ3v) is 13.6. The third-order valence-electron chi connectivity index (χ3n) is 13.6. The van der Waals surface area contributed by atoms with E-state index in [4.69, 9.17) is 8.83 Å². The highest BCUT2D eigenvalue weighted by Crippen LogP contribution is 2.53. The Morgan fingerprint density at radius 1 is 0.349 bits per heavy atom. The Balaban J connectivity index is 0.924. The summed E-state index contributed by atoms with van der Waals surface area (Å²) in [5.74, 6) is 0. The van der Waals surface area contributed by atoms with Crippen molar-refractivity contribution < 1.29 is 8.83 Å². The molecule has 12 aromatic rings. The van der Waals surface area contributed by atoms with E-state index in [1.54, 1.807) is 0 Å². The maximum absolute atomic E-state index is 6.38. The molecule has 3 heterocycles. The Bertz CT molecular complexity index is 3800. The van der Waals surface area contributed by atoms with Crippen molar-refractivity contribution in [2.45, 2.75) is 19.3 Å². The molecule has 0 unspecified atom stereocenters. The average molecular weight is 812 g/mol. The lowest BCUT2D eigenvalue weighted by molar-refractivity contribution is 0.661. The lowest BCUT2D eigenvalue weighted by Gasteiger charge is -2.28. The minimum atomic E-state index is -0.235. The quantitative estimate of drug-likeness (QED) is 0.168. The lowest BCUT2D eigenvalue weighted by Crippen LogP contribution is -2.16. The monoisotopic (exact) mass is 811 g/mol. The molecule has 0 radical (unpaired) electrons. The van der Waals surface area contributed by atoms with E-state index in [0.29, 0.717) is 0 Å². The zero-order chi connectivity index (χ0) is 42.0. The molecule has 5 heteroatoms. The number of furan rings is 2. The molecule has 0 aliphatic heterocycles. The smallest absolute Gasteiger partial charge is 0.137 e. The molecule has 300 valence electrons. The summed E-state index contributed by atoms with van der Waals surface area (Å²) in [7, 11) is 2.21. The molecule has 9 aromatic carbocycles. The van der Waals surface area contributed by atoms with E-state index in [0.717, 1.165) is 78.0 Å². The second-order valence-corrected chi connectivity index (χ2v) is 17.4. The van der Waals surface area contributed by atoms with Gasteiger partial charge in [0, 0.05) is 96.6 Å². The standard InChI is InChI=1S/C58H41N3O2/c1-58(2)50-30-38(60(36-14-6-4-7-15-36)40-24-28-46-44-18-10-12-20-54(44)62-56(46)32-40)22-26-42(50)48-34-49-43-27-23-39(31-52(43)59(3)53(49)35-51(48)58)61(37-16-8-5-9-17-37)41-25-29-47-45-19-11-13-21-55(45)63-57(47)33-41/h4-35H,1-3H3. The van der Waals surface area contributed by atoms with Gasteiger partial charge >= 0.3 is 0 Å². The largest absolute Gasteiger partial charge is 0.456 e. The van der Waals surface area contributed by atoms with Gasteiger partial charge in [0.1, 0.15) is 22.3 Å². The van der Waals surface area contributed by atoms with Gasteiger partial charge < -0.3 is 23.2 Å². The fourth-order valence-electron chi connectivity index (χ4n) is 10.4. The topological polar surface area (TPSA) is 37.7 Å². The normalized spacial score (nSPS) is 13.1. The molecule has 0 saturated heterocycles. The van der Waals surface area contributed by atoms with Crippen molar-refractivity contribution in [3.05, 3.63) is 205 Å². The number of hydrogen-bond acceptors (Lipinski definition) is 4. The average Bonchev–Trinajstić information content (AvgIpc) is 4.02. The summed E-state index contributed by atoms with van der Waals surface area (Å²) in [6.45, 7) is 4.75. The van der Waals surface area contributed by atoms with Crippen LogP contribution in [-0.4, -0.2) is 4.57 Å². The van der Waals surface area contributed by atoms with Crippen molar-refractivity contribution in [3.8, 4) is 11.1 Å². The van der Waals surface area contributed by atoms with Crippen molar-refractivity contribution in [3.63, 3.8) is 0 Å². The van der Waals surface area contributed by atoms with Gasteiger partial charge in [-0.3, -0.25) is 0 Å². The van der Waals surface area contributed by atoms with Gasteiger partial charge in [0.25, 0.3) is 0 Å². The Morgan fingerprint density at radius 3 is 1.38 bits per heavy atom. The number of para-hydroxylation sites is 4. The van der Waals surface area contributed by atoms with Crippen LogP contribution in [0.15, 0.2) is 203 Å². The van der Waals surface area contributed by atoms with E-state index in [-0.39, 0.29) is 5.41 Å². The van der Waals surface area contributed by atoms with Gasteiger partial charge in [-0.25, -0.2) is 0 Å². The Morgan fingerprint density at radius 2 is 0.794 bits per heavy atom. The molecule has 5 nitrogen and oxygen atoms in total. The van der Waals surface area contributed by atoms with E-state index >= 15 is 0 Å². The minimum absolute atomic E-state index is 0.235. The van der Waals surface area contributed by atoms with Gasteiger partial charge in [0.15, 0.2) is 0 Å². The van der Waals surface area contributed by atoms with Crippen LogP contribution >= 0.6 is 0 Å². The fraction of sp³-hybridized carbons (Fsp3) is 0.0690. The minimum Gasteiger partial charge on any atom is -0.456 e. The van der Waals surface area contributed by atoms with Crippen molar-refractivity contribution in [1.82, 2.24) is 4.57 Å². The first-order valence-electron chi connectivity index (χ1n) is 21.6. The highest BCUT2D eigenvalue weighted by molar-refractivity contribution is 6.12. The summed E-state index contributed by atoms with van der Waals surface area (Å²) in [6.07, 6.45) is 0. The molecule has 0 fully saturated rings. The van der Waals surface area contributed by atoms with Crippen LogP contribution in [0, 0.1) is 0 Å². The lowest BCUT2D eigenvalue weighted by atomic mass is 9.82. The Hall–Kier alpha value is -8.02.